The molecule has 1 atom stereocenters. The summed E-state index contributed by atoms with van der Waals surface area (Å²) in [7, 11) is 0. The van der Waals surface area contributed by atoms with E-state index in [4.69, 9.17) is 5.26 Å². The van der Waals surface area contributed by atoms with Gasteiger partial charge < -0.3 is 5.32 Å². The molecule has 1 fully saturated rings. The van der Waals surface area contributed by atoms with Crippen molar-refractivity contribution in [1.29, 1.82) is 5.26 Å². The van der Waals surface area contributed by atoms with Crippen LogP contribution in [0.15, 0.2) is 24.3 Å². The van der Waals surface area contributed by atoms with Crippen LogP contribution in [0.4, 0.5) is 0 Å². The molecule has 0 radical (unpaired) electrons. The standard InChI is InChI=1S/C17H25N3.2ClH/c1-17(2,3)15-6-4-14(5-7-15)16(8-9-18)20-12-10-19-11-13-20;;/h4-7,16,19H,8,10-13H2,1-3H3;2*1H/t16-;;/m0../s1. The first-order chi connectivity index (χ1) is 9.52. The van der Waals surface area contributed by atoms with E-state index in [1.54, 1.807) is 0 Å². The molecule has 1 aliphatic heterocycles. The number of hydrogen-bond acceptors (Lipinski definition) is 3. The van der Waals surface area contributed by atoms with Gasteiger partial charge in [0.2, 0.25) is 0 Å². The number of piperazine rings is 1. The van der Waals surface area contributed by atoms with Crippen molar-refractivity contribution in [2.45, 2.75) is 38.6 Å². The monoisotopic (exact) mass is 343 g/mol. The van der Waals surface area contributed by atoms with Crippen LogP contribution in [0.25, 0.3) is 0 Å². The summed E-state index contributed by atoms with van der Waals surface area (Å²) in [5.41, 5.74) is 2.79. The molecule has 1 aromatic rings. The zero-order chi connectivity index (χ0) is 14.6. The van der Waals surface area contributed by atoms with Crippen LogP contribution in [0.1, 0.15) is 44.4 Å². The Morgan fingerprint density at radius 1 is 1.14 bits per heavy atom. The molecule has 0 amide bonds. The number of nitriles is 1. The third-order valence-corrected chi connectivity index (χ3v) is 4.04. The number of halogens is 2. The molecule has 3 nitrogen and oxygen atoms in total. The second kappa shape index (κ2) is 9.37. The van der Waals surface area contributed by atoms with E-state index in [1.807, 2.05) is 0 Å². The third-order valence-electron chi connectivity index (χ3n) is 4.04. The van der Waals surface area contributed by atoms with Crippen LogP contribution in [-0.4, -0.2) is 31.1 Å². The Bertz CT molecular complexity index is 468. The molecule has 1 aromatic carbocycles. The summed E-state index contributed by atoms with van der Waals surface area (Å²) >= 11 is 0. The van der Waals surface area contributed by atoms with Gasteiger partial charge in [-0.25, -0.2) is 0 Å². The van der Waals surface area contributed by atoms with Gasteiger partial charge in [0.1, 0.15) is 0 Å². The highest BCUT2D eigenvalue weighted by Gasteiger charge is 2.22. The normalized spacial score (nSPS) is 16.8. The predicted octanol–water partition coefficient (Wildman–Crippen LogP) is 3.69. The molecule has 0 aliphatic carbocycles. The van der Waals surface area contributed by atoms with Gasteiger partial charge >= 0.3 is 0 Å². The molecule has 1 N–H and O–H groups in total. The molecule has 0 bridgehead atoms. The van der Waals surface area contributed by atoms with Gasteiger partial charge in [0, 0.05) is 32.2 Å². The lowest BCUT2D eigenvalue weighted by Gasteiger charge is -2.34. The van der Waals surface area contributed by atoms with Crippen molar-refractivity contribution in [1.82, 2.24) is 10.2 Å². The Balaban J connectivity index is 0.00000220. The smallest absolute Gasteiger partial charge is 0.0641 e. The third kappa shape index (κ3) is 5.44. The summed E-state index contributed by atoms with van der Waals surface area (Å²) in [5.74, 6) is 0. The molecule has 124 valence electrons. The summed E-state index contributed by atoms with van der Waals surface area (Å²) in [6.07, 6.45) is 0.564. The maximum Gasteiger partial charge on any atom is 0.0641 e. The van der Waals surface area contributed by atoms with Crippen molar-refractivity contribution >= 4 is 24.8 Å². The van der Waals surface area contributed by atoms with Gasteiger partial charge in [0.25, 0.3) is 0 Å². The SMILES string of the molecule is CC(C)(C)c1ccc([C@H](CC#N)N2CCNCC2)cc1.Cl.Cl. The lowest BCUT2D eigenvalue weighted by Crippen LogP contribution is -2.45. The Morgan fingerprint density at radius 3 is 2.14 bits per heavy atom. The fourth-order valence-electron chi connectivity index (χ4n) is 2.74. The molecule has 0 saturated carbocycles. The highest BCUT2D eigenvalue weighted by molar-refractivity contribution is 5.85. The van der Waals surface area contributed by atoms with Gasteiger partial charge in [-0.05, 0) is 16.5 Å². The van der Waals surface area contributed by atoms with Crippen molar-refractivity contribution in [2.75, 3.05) is 26.2 Å². The minimum absolute atomic E-state index is 0. The Kier molecular flexibility index (Phi) is 9.04. The van der Waals surface area contributed by atoms with E-state index in [2.05, 4.69) is 61.3 Å². The van der Waals surface area contributed by atoms with Gasteiger partial charge in [-0.3, -0.25) is 4.90 Å². The van der Waals surface area contributed by atoms with Crippen LogP contribution in [0.3, 0.4) is 0 Å². The van der Waals surface area contributed by atoms with Crippen molar-refractivity contribution in [2.24, 2.45) is 0 Å². The quantitative estimate of drug-likeness (QED) is 0.909. The molecule has 0 unspecified atom stereocenters. The Hall–Kier alpha value is -0.790. The van der Waals surface area contributed by atoms with Crippen molar-refractivity contribution < 1.29 is 0 Å². The van der Waals surface area contributed by atoms with Gasteiger partial charge in [-0.2, -0.15) is 5.26 Å². The van der Waals surface area contributed by atoms with E-state index >= 15 is 0 Å². The van der Waals surface area contributed by atoms with Crippen LogP contribution in [0, 0.1) is 11.3 Å². The molecule has 1 aliphatic rings. The molecule has 1 saturated heterocycles. The molecule has 5 heteroatoms. The second-order valence-corrected chi connectivity index (χ2v) is 6.54. The second-order valence-electron chi connectivity index (χ2n) is 6.54. The minimum Gasteiger partial charge on any atom is -0.314 e. The molecule has 1 heterocycles. The molecule has 2 rings (SSSR count). The molecule has 0 aromatic heterocycles. The lowest BCUT2D eigenvalue weighted by atomic mass is 9.86. The number of hydrogen-bond donors (Lipinski definition) is 1. The Morgan fingerprint density at radius 2 is 1.68 bits per heavy atom. The minimum atomic E-state index is 0. The average Bonchev–Trinajstić information content (AvgIpc) is 2.45. The number of benzene rings is 1. The number of rotatable bonds is 3. The van der Waals surface area contributed by atoms with Gasteiger partial charge in [-0.1, -0.05) is 45.0 Å². The van der Waals surface area contributed by atoms with Crippen LogP contribution in [0.5, 0.6) is 0 Å². The summed E-state index contributed by atoms with van der Waals surface area (Å²) in [4.78, 5) is 2.42. The van der Waals surface area contributed by atoms with E-state index < -0.39 is 0 Å². The first kappa shape index (κ1) is 21.2. The molecule has 0 spiro atoms. The van der Waals surface area contributed by atoms with E-state index in [0.717, 1.165) is 26.2 Å². The fourth-order valence-corrected chi connectivity index (χ4v) is 2.74. The van der Waals surface area contributed by atoms with Crippen molar-refractivity contribution in [3.8, 4) is 6.07 Å². The summed E-state index contributed by atoms with van der Waals surface area (Å²) < 4.78 is 0. The Labute approximate surface area is 146 Å². The van der Waals surface area contributed by atoms with Crippen molar-refractivity contribution in [3.63, 3.8) is 0 Å². The molecule has 22 heavy (non-hydrogen) atoms. The van der Waals surface area contributed by atoms with Crippen molar-refractivity contribution in [3.05, 3.63) is 35.4 Å². The highest BCUT2D eigenvalue weighted by atomic mass is 35.5. The van der Waals surface area contributed by atoms with E-state index in [9.17, 15) is 0 Å². The van der Waals surface area contributed by atoms with E-state index in [1.165, 1.54) is 11.1 Å². The first-order valence-electron chi connectivity index (χ1n) is 7.44. The highest BCUT2D eigenvalue weighted by Crippen LogP contribution is 2.28. The fraction of sp³-hybridized carbons (Fsp3) is 0.588. The van der Waals surface area contributed by atoms with Gasteiger partial charge in [0.15, 0.2) is 0 Å². The van der Waals surface area contributed by atoms with E-state index in [-0.39, 0.29) is 36.3 Å². The topological polar surface area (TPSA) is 39.1 Å². The largest absolute Gasteiger partial charge is 0.314 e. The van der Waals surface area contributed by atoms with Crippen LogP contribution in [-0.2, 0) is 5.41 Å². The maximum atomic E-state index is 9.12. The average molecular weight is 344 g/mol. The van der Waals surface area contributed by atoms with Crippen LogP contribution < -0.4 is 5.32 Å². The first-order valence-corrected chi connectivity index (χ1v) is 7.44. The van der Waals surface area contributed by atoms with Gasteiger partial charge in [0.05, 0.1) is 12.5 Å². The summed E-state index contributed by atoms with van der Waals surface area (Å²) in [6, 6.07) is 11.4. The van der Waals surface area contributed by atoms with Gasteiger partial charge in [-0.15, -0.1) is 24.8 Å². The lowest BCUT2D eigenvalue weighted by molar-refractivity contribution is 0.175. The molecular weight excluding hydrogens is 317 g/mol. The zero-order valence-electron chi connectivity index (χ0n) is 13.6. The predicted molar refractivity (Wildman–Crippen MR) is 97.1 cm³/mol. The van der Waals surface area contributed by atoms with E-state index in [0.29, 0.717) is 6.42 Å². The molecular formula is C17H27Cl2N3. The zero-order valence-corrected chi connectivity index (χ0v) is 15.3. The van der Waals surface area contributed by atoms with Crippen LogP contribution in [0.2, 0.25) is 0 Å². The summed E-state index contributed by atoms with van der Waals surface area (Å²) in [6.45, 7) is 10.8. The van der Waals surface area contributed by atoms with Crippen LogP contribution >= 0.6 is 24.8 Å². The maximum absolute atomic E-state index is 9.12. The summed E-state index contributed by atoms with van der Waals surface area (Å²) in [5, 5.41) is 12.5. The number of nitrogens with zero attached hydrogens (tertiary/aromatic N) is 2. The number of nitrogens with one attached hydrogen (secondary N) is 1.